The molecule has 0 unspecified atom stereocenters. The molecular weight excluding hydrogens is 1160 g/mol. The summed E-state index contributed by atoms with van der Waals surface area (Å²) in [6, 6.07) is 65.2. The lowest BCUT2D eigenvalue weighted by Crippen LogP contribution is -2.06. The number of nitrogens with zero attached hydrogens (tertiary/aromatic N) is 15. The maximum absolute atomic E-state index is 10.8. The molecule has 0 aliphatic heterocycles. The molecule has 0 spiro atoms. The third kappa shape index (κ3) is 15.2. The van der Waals surface area contributed by atoms with Crippen LogP contribution in [0.15, 0.2) is 261 Å². The van der Waals surface area contributed by atoms with Crippen molar-refractivity contribution in [1.82, 2.24) is 59.2 Å². The number of hydrogen-bond acceptors (Lipinski definition) is 19. The van der Waals surface area contributed by atoms with E-state index in [2.05, 4.69) is 57.7 Å². The number of nitro groups is 3. The van der Waals surface area contributed by atoms with Gasteiger partial charge in [-0.1, -0.05) is 115 Å². The number of ether oxygens (including phenoxy) is 1. The van der Waals surface area contributed by atoms with Crippen LogP contribution in [0.25, 0.3) is 28.5 Å². The molecule has 0 fully saturated rings. The lowest BCUT2D eigenvalue weighted by atomic mass is 10.1. The first-order valence-corrected chi connectivity index (χ1v) is 28.2. The number of benzene rings is 6. The van der Waals surface area contributed by atoms with Crippen molar-refractivity contribution in [2.24, 2.45) is 0 Å². The number of aromatic nitrogens is 12. The minimum atomic E-state index is -0.480. The molecule has 0 saturated carbocycles. The molecule has 12 rings (SSSR count). The largest absolute Gasteiger partial charge is 0.486 e. The molecular formula is C59H42ClN15O7S3. The molecule has 22 nitrogen and oxygen atoms in total. The molecule has 6 aromatic carbocycles. The second-order valence-corrected chi connectivity index (χ2v) is 20.9. The minimum absolute atomic E-state index is 0.0429. The summed E-state index contributed by atoms with van der Waals surface area (Å²) in [5, 5.41) is 62.7. The number of para-hydroxylation sites is 4. The van der Waals surface area contributed by atoms with Gasteiger partial charge in [-0.25, -0.2) is 15.0 Å². The Morgan fingerprint density at radius 1 is 0.412 bits per heavy atom. The van der Waals surface area contributed by atoms with Gasteiger partial charge < -0.3 is 4.74 Å². The van der Waals surface area contributed by atoms with Crippen LogP contribution in [0.4, 0.5) is 17.1 Å². The summed E-state index contributed by atoms with van der Waals surface area (Å²) in [6.45, 7) is 0.236. The van der Waals surface area contributed by atoms with Crippen molar-refractivity contribution in [3.05, 3.63) is 283 Å². The van der Waals surface area contributed by atoms with Crippen LogP contribution in [0.3, 0.4) is 0 Å². The van der Waals surface area contributed by atoms with E-state index in [-0.39, 0.29) is 23.7 Å². The Balaban J connectivity index is 0.000000142. The van der Waals surface area contributed by atoms with Crippen molar-refractivity contribution in [3.8, 4) is 34.2 Å². The zero-order chi connectivity index (χ0) is 58.9. The van der Waals surface area contributed by atoms with E-state index in [1.54, 1.807) is 30.3 Å². The highest BCUT2D eigenvalue weighted by Crippen LogP contribution is 2.34. The third-order valence-electron chi connectivity index (χ3n) is 11.9. The van der Waals surface area contributed by atoms with E-state index in [9.17, 15) is 30.3 Å². The summed E-state index contributed by atoms with van der Waals surface area (Å²) >= 11 is 9.87. The molecule has 6 aromatic heterocycles. The van der Waals surface area contributed by atoms with Crippen LogP contribution in [0.1, 0.15) is 17.2 Å². The Kier molecular flexibility index (Phi) is 19.0. The molecule has 6 heterocycles. The van der Waals surface area contributed by atoms with Crippen LogP contribution in [0, 0.1) is 30.3 Å². The minimum Gasteiger partial charge on any atom is -0.486 e. The topological polar surface area (TPSA) is 269 Å². The fraction of sp³-hybridized carbons (Fsp3) is 0.0339. The summed E-state index contributed by atoms with van der Waals surface area (Å²) in [4.78, 5) is 43.5. The number of halogens is 1. The Morgan fingerprint density at radius 2 is 0.788 bits per heavy atom. The van der Waals surface area contributed by atoms with Gasteiger partial charge in [0, 0.05) is 52.3 Å². The zero-order valence-electron chi connectivity index (χ0n) is 44.0. The molecule has 0 saturated heterocycles. The van der Waals surface area contributed by atoms with Crippen LogP contribution in [-0.2, 0) is 13.0 Å². The molecule has 0 bridgehead atoms. The molecule has 85 heavy (non-hydrogen) atoms. The Bertz CT molecular complexity index is 4160. The summed E-state index contributed by atoms with van der Waals surface area (Å²) in [5.41, 5.74) is 4.56. The lowest BCUT2D eigenvalue weighted by Gasteiger charge is -2.11. The van der Waals surface area contributed by atoms with E-state index in [1.807, 2.05) is 165 Å². The average molecular weight is 1200 g/mol. The van der Waals surface area contributed by atoms with Gasteiger partial charge in [0.05, 0.1) is 14.8 Å². The first-order chi connectivity index (χ1) is 41.5. The van der Waals surface area contributed by atoms with Gasteiger partial charge in [-0.15, -0.1) is 30.6 Å². The predicted molar refractivity (Wildman–Crippen MR) is 320 cm³/mol. The lowest BCUT2D eigenvalue weighted by molar-refractivity contribution is -0.385. The summed E-state index contributed by atoms with van der Waals surface area (Å²) in [5.74, 6) is 2.83. The van der Waals surface area contributed by atoms with Crippen molar-refractivity contribution in [2.75, 3.05) is 0 Å². The Hall–Kier alpha value is -10.5. The third-order valence-corrected chi connectivity index (χ3v) is 14.8. The molecule has 420 valence electrons. The SMILES string of the molecule is O=[N+]([O-])c1ccc(Sc2nnc(-c3ccc(Cl)cc3)n2-c2ccccc2)nc1.O=[N+]([O-])c1ccc(Sc2nnc(COc3ccccc3)n2-c2ccccc2)nc1.O=[N+]([O-])c1ccc(Sc2nnc(Cc3ccccc3)n2-c2ccccc2)nc1. The molecule has 0 aliphatic rings. The highest BCUT2D eigenvalue weighted by molar-refractivity contribution is 7.99. The standard InChI is InChI=1S/C20H15N5O3S.C20H15N5O2S.C19H12ClN5O2S/c26-25(27)16-11-12-19(21-13-16)29-20-23-22-18(14-28-17-9-5-2-6-10-17)24(20)15-7-3-1-4-8-15;26-25(27)17-11-12-19(21-14-17)28-20-23-22-18(13-15-7-3-1-4-8-15)24(20)16-9-5-2-6-10-16;20-14-8-6-13(7-9-14)18-22-23-19(24(18)15-4-2-1-3-5-15)28-17-11-10-16(12-21-17)25(26)27/h1-13H,14H2;1-12,14H,13H2;1-12H. The van der Waals surface area contributed by atoms with Crippen LogP contribution in [-0.4, -0.2) is 74.0 Å². The first kappa shape index (κ1) is 57.8. The zero-order valence-corrected chi connectivity index (χ0v) is 47.2. The molecule has 0 radical (unpaired) electrons. The average Bonchev–Trinajstić information content (AvgIpc) is 3.19. The fourth-order valence-electron chi connectivity index (χ4n) is 7.89. The highest BCUT2D eigenvalue weighted by Gasteiger charge is 2.21. The quantitative estimate of drug-likeness (QED) is 0.0570. The maximum Gasteiger partial charge on any atom is 0.287 e. The van der Waals surface area contributed by atoms with E-state index in [4.69, 9.17) is 16.3 Å². The molecule has 0 N–H and O–H groups in total. The second kappa shape index (κ2) is 28.0. The van der Waals surface area contributed by atoms with Gasteiger partial charge in [-0.3, -0.25) is 44.0 Å². The van der Waals surface area contributed by atoms with E-state index < -0.39 is 14.8 Å². The van der Waals surface area contributed by atoms with Gasteiger partial charge in [0.25, 0.3) is 17.1 Å². The monoisotopic (exact) mass is 1200 g/mol. The van der Waals surface area contributed by atoms with Gasteiger partial charge in [0.2, 0.25) is 15.5 Å². The molecule has 0 amide bonds. The van der Waals surface area contributed by atoms with Crippen molar-refractivity contribution in [3.63, 3.8) is 0 Å². The smallest absolute Gasteiger partial charge is 0.287 e. The van der Waals surface area contributed by atoms with Crippen molar-refractivity contribution in [1.29, 1.82) is 0 Å². The van der Waals surface area contributed by atoms with E-state index >= 15 is 0 Å². The van der Waals surface area contributed by atoms with Crippen LogP contribution in [0.2, 0.25) is 5.02 Å². The van der Waals surface area contributed by atoms with Gasteiger partial charge in [0.1, 0.15) is 51.8 Å². The highest BCUT2D eigenvalue weighted by atomic mass is 35.5. The van der Waals surface area contributed by atoms with Gasteiger partial charge in [-0.05, 0) is 132 Å². The van der Waals surface area contributed by atoms with Gasteiger partial charge >= 0.3 is 0 Å². The van der Waals surface area contributed by atoms with Crippen LogP contribution >= 0.6 is 46.9 Å². The van der Waals surface area contributed by atoms with Crippen molar-refractivity contribution < 1.29 is 19.5 Å². The number of hydrogen-bond donors (Lipinski definition) is 0. The molecule has 26 heteroatoms. The molecule has 0 aliphatic carbocycles. The summed E-state index contributed by atoms with van der Waals surface area (Å²) in [7, 11) is 0. The van der Waals surface area contributed by atoms with Crippen LogP contribution < -0.4 is 4.74 Å². The van der Waals surface area contributed by atoms with E-state index in [1.165, 1.54) is 72.1 Å². The van der Waals surface area contributed by atoms with Gasteiger partial charge in [0.15, 0.2) is 11.6 Å². The Labute approximate surface area is 501 Å². The van der Waals surface area contributed by atoms with Crippen molar-refractivity contribution >= 4 is 63.9 Å². The van der Waals surface area contributed by atoms with Crippen LogP contribution in [0.5, 0.6) is 5.75 Å². The van der Waals surface area contributed by atoms with Gasteiger partial charge in [-0.2, -0.15) is 0 Å². The predicted octanol–water partition coefficient (Wildman–Crippen LogP) is 13.7. The molecule has 12 aromatic rings. The van der Waals surface area contributed by atoms with E-state index in [0.717, 1.165) is 39.8 Å². The number of pyridine rings is 3. The number of rotatable bonds is 18. The molecule has 0 atom stereocenters. The first-order valence-electron chi connectivity index (χ1n) is 25.4. The van der Waals surface area contributed by atoms with E-state index in [0.29, 0.717) is 53.6 Å². The second-order valence-electron chi connectivity index (χ2n) is 17.5. The maximum atomic E-state index is 10.8. The normalized spacial score (nSPS) is 10.7. The fourth-order valence-corrected chi connectivity index (χ4v) is 10.4. The van der Waals surface area contributed by atoms with Crippen molar-refractivity contribution in [2.45, 2.75) is 43.6 Å². The summed E-state index contributed by atoms with van der Waals surface area (Å²) < 4.78 is 11.6. The summed E-state index contributed by atoms with van der Waals surface area (Å²) in [6.07, 6.45) is 4.34. The Morgan fingerprint density at radius 3 is 1.21 bits per heavy atom.